The van der Waals surface area contributed by atoms with Crippen molar-refractivity contribution in [2.24, 2.45) is 0 Å². The third kappa shape index (κ3) is 1.96. The molecule has 0 unspecified atom stereocenters. The zero-order valence-electron chi connectivity index (χ0n) is 9.53. The number of halogens is 1. The zero-order chi connectivity index (χ0) is 11.8. The van der Waals surface area contributed by atoms with Crippen molar-refractivity contribution in [3.8, 4) is 0 Å². The van der Waals surface area contributed by atoms with Crippen LogP contribution in [0, 0.1) is 6.92 Å². The summed E-state index contributed by atoms with van der Waals surface area (Å²) in [6.45, 7) is 5.01. The van der Waals surface area contributed by atoms with E-state index in [1.807, 2.05) is 13.0 Å². The molecule has 1 N–H and O–H groups in total. The highest BCUT2D eigenvalue weighted by molar-refractivity contribution is 6.34. The third-order valence-electron chi connectivity index (χ3n) is 2.86. The van der Waals surface area contributed by atoms with Crippen LogP contribution in [0.4, 0.5) is 5.95 Å². The molecule has 0 radical (unpaired) electrons. The van der Waals surface area contributed by atoms with Gasteiger partial charge in [-0.1, -0.05) is 11.6 Å². The highest BCUT2D eigenvalue weighted by Gasteiger charge is 2.16. The van der Waals surface area contributed by atoms with Crippen LogP contribution in [0.15, 0.2) is 6.07 Å². The van der Waals surface area contributed by atoms with Gasteiger partial charge < -0.3 is 14.6 Å². The highest BCUT2D eigenvalue weighted by Crippen LogP contribution is 2.24. The normalized spacial score (nSPS) is 16.7. The summed E-state index contributed by atoms with van der Waals surface area (Å²) in [5.74, 6) is 0.674. The molecule has 2 aromatic rings. The van der Waals surface area contributed by atoms with Gasteiger partial charge in [0.2, 0.25) is 5.95 Å². The first-order valence-corrected chi connectivity index (χ1v) is 5.97. The van der Waals surface area contributed by atoms with Crippen molar-refractivity contribution >= 4 is 28.6 Å². The van der Waals surface area contributed by atoms with Crippen molar-refractivity contribution in [3.63, 3.8) is 0 Å². The molecule has 17 heavy (non-hydrogen) atoms. The molecule has 3 rings (SSSR count). The van der Waals surface area contributed by atoms with Gasteiger partial charge in [-0.05, 0) is 13.0 Å². The summed E-state index contributed by atoms with van der Waals surface area (Å²) in [6.07, 6.45) is 0. The number of fused-ring (bicyclic) bond motifs is 1. The molecule has 0 atom stereocenters. The fourth-order valence-electron chi connectivity index (χ4n) is 2.00. The van der Waals surface area contributed by atoms with E-state index in [1.165, 1.54) is 0 Å². The number of hydrogen-bond acceptors (Lipinski definition) is 4. The monoisotopic (exact) mass is 252 g/mol. The summed E-state index contributed by atoms with van der Waals surface area (Å²) in [6, 6.07) is 1.96. The Hall–Kier alpha value is -1.33. The maximum atomic E-state index is 6.17. The maximum Gasteiger partial charge on any atom is 0.228 e. The van der Waals surface area contributed by atoms with Crippen molar-refractivity contribution in [1.82, 2.24) is 15.0 Å². The molecule has 90 valence electrons. The molecule has 2 aromatic heterocycles. The quantitative estimate of drug-likeness (QED) is 0.786. The van der Waals surface area contributed by atoms with Gasteiger partial charge in [-0.2, -0.15) is 4.98 Å². The fraction of sp³-hybridized carbons (Fsp3) is 0.455. The molecular formula is C11H13ClN4O. The Kier molecular flexibility index (Phi) is 2.64. The number of ether oxygens (including phenoxy) is 1. The molecule has 0 aromatic carbocycles. The number of anilines is 1. The van der Waals surface area contributed by atoms with E-state index < -0.39 is 0 Å². The average Bonchev–Trinajstić information content (AvgIpc) is 2.71. The smallest absolute Gasteiger partial charge is 0.228 e. The number of rotatable bonds is 1. The fourth-order valence-corrected chi connectivity index (χ4v) is 2.22. The van der Waals surface area contributed by atoms with E-state index in [0.29, 0.717) is 24.3 Å². The molecule has 1 fully saturated rings. The molecule has 3 heterocycles. The lowest BCUT2D eigenvalue weighted by Gasteiger charge is -2.26. The van der Waals surface area contributed by atoms with Gasteiger partial charge in [0.05, 0.1) is 18.6 Å². The molecule has 0 spiro atoms. The predicted octanol–water partition coefficient (Wildman–Crippen LogP) is 1.76. The minimum atomic E-state index is 0.501. The molecule has 1 saturated heterocycles. The maximum absolute atomic E-state index is 6.17. The lowest BCUT2D eigenvalue weighted by Crippen LogP contribution is -2.37. The number of morpholine rings is 1. The molecule has 0 amide bonds. The predicted molar refractivity (Wildman–Crippen MR) is 66.7 cm³/mol. The number of aryl methyl sites for hydroxylation is 1. The lowest BCUT2D eigenvalue weighted by molar-refractivity contribution is 0.122. The van der Waals surface area contributed by atoms with Crippen molar-refractivity contribution < 1.29 is 4.74 Å². The second-order valence-corrected chi connectivity index (χ2v) is 4.49. The number of aromatic amines is 1. The van der Waals surface area contributed by atoms with Crippen molar-refractivity contribution in [2.75, 3.05) is 31.2 Å². The standard InChI is InChI=1S/C11H13ClN4O/c1-7-6-8-9(12)14-11(15-10(8)13-7)16-2-4-17-5-3-16/h6H,2-5H2,1H3,(H,13,14,15). The van der Waals surface area contributed by atoms with Crippen LogP contribution in [0.2, 0.25) is 5.15 Å². The van der Waals surface area contributed by atoms with Crippen LogP contribution in [-0.2, 0) is 4.74 Å². The van der Waals surface area contributed by atoms with E-state index >= 15 is 0 Å². The van der Waals surface area contributed by atoms with Crippen LogP contribution in [0.1, 0.15) is 5.69 Å². The summed E-state index contributed by atoms with van der Waals surface area (Å²) in [5.41, 5.74) is 1.83. The Balaban J connectivity index is 2.04. The lowest BCUT2D eigenvalue weighted by atomic mass is 10.4. The minimum absolute atomic E-state index is 0.501. The van der Waals surface area contributed by atoms with Crippen molar-refractivity contribution in [3.05, 3.63) is 16.9 Å². The molecular weight excluding hydrogens is 240 g/mol. The van der Waals surface area contributed by atoms with Crippen LogP contribution >= 0.6 is 11.6 Å². The molecule has 1 aliphatic heterocycles. The number of aromatic nitrogens is 3. The Morgan fingerprint density at radius 2 is 2.12 bits per heavy atom. The van der Waals surface area contributed by atoms with Gasteiger partial charge in [-0.25, -0.2) is 4.98 Å². The Bertz CT molecular complexity index is 548. The molecule has 0 bridgehead atoms. The number of hydrogen-bond donors (Lipinski definition) is 1. The van der Waals surface area contributed by atoms with Gasteiger partial charge in [-0.15, -0.1) is 0 Å². The van der Waals surface area contributed by atoms with Crippen LogP contribution in [0.5, 0.6) is 0 Å². The van der Waals surface area contributed by atoms with Crippen molar-refractivity contribution in [1.29, 1.82) is 0 Å². The van der Waals surface area contributed by atoms with Gasteiger partial charge in [0.15, 0.2) is 0 Å². The van der Waals surface area contributed by atoms with Gasteiger partial charge in [0.25, 0.3) is 0 Å². The van der Waals surface area contributed by atoms with E-state index in [-0.39, 0.29) is 0 Å². The minimum Gasteiger partial charge on any atom is -0.378 e. The molecule has 6 heteroatoms. The first-order chi connectivity index (χ1) is 8.24. The number of nitrogens with one attached hydrogen (secondary N) is 1. The summed E-state index contributed by atoms with van der Waals surface area (Å²) < 4.78 is 5.31. The second-order valence-electron chi connectivity index (χ2n) is 4.13. The zero-order valence-corrected chi connectivity index (χ0v) is 10.3. The SMILES string of the molecule is Cc1cc2c(Cl)nc(N3CCOCC3)nc2[nH]1. The van der Waals surface area contributed by atoms with Gasteiger partial charge in [0.1, 0.15) is 10.8 Å². The van der Waals surface area contributed by atoms with E-state index in [4.69, 9.17) is 16.3 Å². The van der Waals surface area contributed by atoms with Crippen LogP contribution in [-0.4, -0.2) is 41.3 Å². The van der Waals surface area contributed by atoms with Gasteiger partial charge in [0, 0.05) is 18.8 Å². The molecule has 1 aliphatic rings. The first kappa shape index (κ1) is 10.8. The van der Waals surface area contributed by atoms with Crippen LogP contribution in [0.3, 0.4) is 0 Å². The summed E-state index contributed by atoms with van der Waals surface area (Å²) in [5, 5.41) is 1.38. The molecule has 0 saturated carbocycles. The van der Waals surface area contributed by atoms with Gasteiger partial charge in [-0.3, -0.25) is 0 Å². The van der Waals surface area contributed by atoms with Gasteiger partial charge >= 0.3 is 0 Å². The number of nitrogens with zero attached hydrogens (tertiary/aromatic N) is 3. The average molecular weight is 253 g/mol. The Morgan fingerprint density at radius 3 is 2.88 bits per heavy atom. The molecule has 0 aliphatic carbocycles. The van der Waals surface area contributed by atoms with E-state index in [0.717, 1.165) is 29.8 Å². The first-order valence-electron chi connectivity index (χ1n) is 5.59. The topological polar surface area (TPSA) is 54.0 Å². The van der Waals surface area contributed by atoms with Crippen LogP contribution < -0.4 is 4.90 Å². The highest BCUT2D eigenvalue weighted by atomic mass is 35.5. The Labute approximate surface area is 104 Å². The van der Waals surface area contributed by atoms with Crippen molar-refractivity contribution in [2.45, 2.75) is 6.92 Å². The van der Waals surface area contributed by atoms with E-state index in [2.05, 4.69) is 19.9 Å². The summed E-state index contributed by atoms with van der Waals surface area (Å²) in [4.78, 5) is 14.1. The van der Waals surface area contributed by atoms with Crippen LogP contribution in [0.25, 0.3) is 11.0 Å². The van der Waals surface area contributed by atoms with E-state index in [9.17, 15) is 0 Å². The third-order valence-corrected chi connectivity index (χ3v) is 3.15. The summed E-state index contributed by atoms with van der Waals surface area (Å²) in [7, 11) is 0. The van der Waals surface area contributed by atoms with E-state index in [1.54, 1.807) is 0 Å². The summed E-state index contributed by atoms with van der Waals surface area (Å²) >= 11 is 6.17. The largest absolute Gasteiger partial charge is 0.378 e. The Morgan fingerprint density at radius 1 is 1.35 bits per heavy atom. The second kappa shape index (κ2) is 4.16. The molecule has 5 nitrogen and oxygen atoms in total. The number of H-pyrrole nitrogens is 1.